The van der Waals surface area contributed by atoms with E-state index < -0.39 is 18.5 Å². The van der Waals surface area contributed by atoms with E-state index in [1.807, 2.05) is 24.3 Å². The maximum Gasteiger partial charge on any atom is 0.408 e. The van der Waals surface area contributed by atoms with Crippen molar-refractivity contribution in [3.8, 4) is 0 Å². The van der Waals surface area contributed by atoms with Crippen LogP contribution >= 0.6 is 0 Å². The Labute approximate surface area is 166 Å². The molecule has 2 aliphatic rings. The van der Waals surface area contributed by atoms with Gasteiger partial charge >= 0.3 is 6.18 Å². The summed E-state index contributed by atoms with van der Waals surface area (Å²) >= 11 is 0. The number of H-pyrrole nitrogens is 1. The lowest BCUT2D eigenvalue weighted by Crippen LogP contribution is -2.61. The molecule has 156 valence electrons. The van der Waals surface area contributed by atoms with Crippen LogP contribution in [0.5, 0.6) is 0 Å². The molecule has 1 atom stereocenters. The van der Waals surface area contributed by atoms with E-state index in [9.17, 15) is 13.2 Å². The molecular weight excluding hydrogens is 385 g/mol. The second-order valence-corrected chi connectivity index (χ2v) is 7.19. The zero-order valence-electron chi connectivity index (χ0n) is 15.7. The first-order valence-electron chi connectivity index (χ1n) is 9.36. The average Bonchev–Trinajstić information content (AvgIpc) is 3.15. The third-order valence-electron chi connectivity index (χ3n) is 4.95. The second-order valence-electron chi connectivity index (χ2n) is 7.19. The van der Waals surface area contributed by atoms with Gasteiger partial charge in [-0.15, -0.1) is 0 Å². The van der Waals surface area contributed by atoms with E-state index in [4.69, 9.17) is 10.5 Å². The molecule has 1 unspecified atom stereocenters. The van der Waals surface area contributed by atoms with Crippen LogP contribution < -0.4 is 16.4 Å². The molecule has 5 N–H and O–H groups in total. The molecule has 7 nitrogen and oxygen atoms in total. The molecule has 10 heteroatoms. The van der Waals surface area contributed by atoms with Crippen molar-refractivity contribution in [3.63, 3.8) is 0 Å². The van der Waals surface area contributed by atoms with Gasteiger partial charge in [0.25, 0.3) is 0 Å². The van der Waals surface area contributed by atoms with E-state index in [2.05, 4.69) is 25.5 Å². The van der Waals surface area contributed by atoms with Gasteiger partial charge in [-0.05, 0) is 17.7 Å². The van der Waals surface area contributed by atoms with Crippen LogP contribution in [0.3, 0.4) is 0 Å². The summed E-state index contributed by atoms with van der Waals surface area (Å²) in [6.07, 6.45) is -2.77. The van der Waals surface area contributed by atoms with Crippen LogP contribution in [0.4, 0.5) is 19.0 Å². The molecule has 0 saturated carbocycles. The number of nitrogens with two attached hydrogens (primary N) is 1. The lowest BCUT2D eigenvalue weighted by Gasteiger charge is -2.38. The topological polar surface area (TPSA) is 90.7 Å². The van der Waals surface area contributed by atoms with E-state index in [1.165, 1.54) is 0 Å². The highest BCUT2D eigenvalue weighted by molar-refractivity contribution is 6.05. The maximum atomic E-state index is 12.7. The number of alkyl halides is 3. The molecule has 0 spiro atoms. The number of amidine groups is 1. The van der Waals surface area contributed by atoms with Gasteiger partial charge < -0.3 is 20.4 Å². The zero-order chi connectivity index (χ0) is 20.5. The number of aliphatic imine (C=N–C) groups is 1. The number of nitrogens with one attached hydrogen (secondary N) is 3. The number of hydrogen-bond donors (Lipinski definition) is 4. The Balaban J connectivity index is 1.60. The Kier molecular flexibility index (Phi) is 5.24. The SMILES string of the molecule is NC1(c2cccc(CN3CCOCC3)c2)NC(=NCC(F)(F)F)c2cc[nH]c2N1. The maximum absolute atomic E-state index is 12.7. The Morgan fingerprint density at radius 3 is 2.72 bits per heavy atom. The third-order valence-corrected chi connectivity index (χ3v) is 4.95. The van der Waals surface area contributed by atoms with E-state index in [0.29, 0.717) is 30.2 Å². The van der Waals surface area contributed by atoms with Crippen LogP contribution in [0.1, 0.15) is 16.7 Å². The van der Waals surface area contributed by atoms with Crippen LogP contribution in [-0.2, 0) is 17.1 Å². The van der Waals surface area contributed by atoms with Crippen molar-refractivity contribution in [2.24, 2.45) is 10.7 Å². The Morgan fingerprint density at radius 1 is 1.17 bits per heavy atom. The zero-order valence-corrected chi connectivity index (χ0v) is 15.7. The van der Waals surface area contributed by atoms with Crippen molar-refractivity contribution < 1.29 is 17.9 Å². The summed E-state index contributed by atoms with van der Waals surface area (Å²) in [5, 5.41) is 6.10. The minimum atomic E-state index is -4.40. The lowest BCUT2D eigenvalue weighted by atomic mass is 10.0. The van der Waals surface area contributed by atoms with Crippen LogP contribution in [0.25, 0.3) is 0 Å². The van der Waals surface area contributed by atoms with Crippen molar-refractivity contribution in [2.75, 3.05) is 38.2 Å². The van der Waals surface area contributed by atoms with Gasteiger partial charge in [0, 0.05) is 31.4 Å². The molecule has 3 heterocycles. The standard InChI is InChI=1S/C19H23F3N6O/c20-18(21,22)12-25-17-15-4-5-24-16(15)26-19(23,27-17)14-3-1-2-13(10-14)11-28-6-8-29-9-7-28/h1-5,10,24,26H,6-9,11-12,23H2,(H,25,27). The number of aromatic nitrogens is 1. The molecule has 2 aliphatic heterocycles. The van der Waals surface area contributed by atoms with Gasteiger partial charge in [-0.3, -0.25) is 15.6 Å². The van der Waals surface area contributed by atoms with Crippen molar-refractivity contribution >= 4 is 11.7 Å². The van der Waals surface area contributed by atoms with Crippen LogP contribution in [-0.4, -0.2) is 54.7 Å². The molecule has 0 radical (unpaired) electrons. The highest BCUT2D eigenvalue weighted by Crippen LogP contribution is 2.28. The number of fused-ring (bicyclic) bond motifs is 1. The largest absolute Gasteiger partial charge is 0.408 e. The van der Waals surface area contributed by atoms with E-state index in [1.54, 1.807) is 12.3 Å². The Bertz CT molecular complexity index is 890. The van der Waals surface area contributed by atoms with E-state index in [0.717, 1.165) is 25.2 Å². The van der Waals surface area contributed by atoms with Crippen molar-refractivity contribution in [3.05, 3.63) is 53.2 Å². The van der Waals surface area contributed by atoms with Gasteiger partial charge in [0.15, 0.2) is 5.79 Å². The van der Waals surface area contributed by atoms with Crippen molar-refractivity contribution in [1.29, 1.82) is 0 Å². The van der Waals surface area contributed by atoms with Gasteiger partial charge in [-0.2, -0.15) is 13.2 Å². The van der Waals surface area contributed by atoms with Gasteiger partial charge in [0.2, 0.25) is 0 Å². The van der Waals surface area contributed by atoms with E-state index in [-0.39, 0.29) is 5.84 Å². The molecule has 0 amide bonds. The first-order valence-corrected chi connectivity index (χ1v) is 9.36. The van der Waals surface area contributed by atoms with E-state index >= 15 is 0 Å². The predicted octanol–water partition coefficient (Wildman–Crippen LogP) is 1.94. The number of nitrogens with zero attached hydrogens (tertiary/aromatic N) is 2. The number of hydrogen-bond acceptors (Lipinski definition) is 5. The average molecular weight is 408 g/mol. The first kappa shape index (κ1) is 19.7. The summed E-state index contributed by atoms with van der Waals surface area (Å²) in [4.78, 5) is 8.98. The molecule has 1 aromatic heterocycles. The summed E-state index contributed by atoms with van der Waals surface area (Å²) in [5.41, 5.74) is 8.82. The van der Waals surface area contributed by atoms with Gasteiger partial charge in [0.1, 0.15) is 18.2 Å². The van der Waals surface area contributed by atoms with Gasteiger partial charge in [-0.1, -0.05) is 18.2 Å². The van der Waals surface area contributed by atoms with Gasteiger partial charge in [-0.25, -0.2) is 0 Å². The predicted molar refractivity (Wildman–Crippen MR) is 103 cm³/mol. The number of anilines is 1. The smallest absolute Gasteiger partial charge is 0.379 e. The summed E-state index contributed by atoms with van der Waals surface area (Å²) in [6.45, 7) is 2.59. The summed E-state index contributed by atoms with van der Waals surface area (Å²) < 4.78 is 43.5. The summed E-state index contributed by atoms with van der Waals surface area (Å²) in [5.74, 6) is -0.687. The molecular formula is C19H23F3N6O. The van der Waals surface area contributed by atoms with Crippen LogP contribution in [0.2, 0.25) is 0 Å². The minimum absolute atomic E-state index is 0.0957. The molecule has 1 fully saturated rings. The highest BCUT2D eigenvalue weighted by atomic mass is 19.4. The number of halogens is 3. The quantitative estimate of drug-likeness (QED) is 0.621. The Morgan fingerprint density at radius 2 is 1.97 bits per heavy atom. The Hall–Kier alpha value is -2.56. The van der Waals surface area contributed by atoms with Crippen LogP contribution in [0, 0.1) is 0 Å². The number of benzene rings is 1. The lowest BCUT2D eigenvalue weighted by molar-refractivity contribution is -0.118. The molecule has 4 rings (SSSR count). The molecule has 1 saturated heterocycles. The third kappa shape index (κ3) is 4.55. The fourth-order valence-electron chi connectivity index (χ4n) is 3.52. The van der Waals surface area contributed by atoms with Crippen molar-refractivity contribution in [2.45, 2.75) is 18.5 Å². The van der Waals surface area contributed by atoms with Crippen molar-refractivity contribution in [1.82, 2.24) is 15.2 Å². The molecule has 0 bridgehead atoms. The summed E-state index contributed by atoms with van der Waals surface area (Å²) in [6, 6.07) is 9.32. The number of rotatable bonds is 4. The molecule has 0 aliphatic carbocycles. The first-order chi connectivity index (χ1) is 13.8. The minimum Gasteiger partial charge on any atom is -0.379 e. The highest BCUT2D eigenvalue weighted by Gasteiger charge is 2.36. The molecule has 1 aromatic carbocycles. The number of morpholine rings is 1. The normalized spacial score (nSPS) is 24.1. The second kappa shape index (κ2) is 7.69. The molecule has 29 heavy (non-hydrogen) atoms. The van der Waals surface area contributed by atoms with Gasteiger partial charge in [0.05, 0.1) is 18.8 Å². The fourth-order valence-corrected chi connectivity index (χ4v) is 3.52. The number of aromatic amines is 1. The fraction of sp³-hybridized carbons (Fsp3) is 0.421. The summed E-state index contributed by atoms with van der Waals surface area (Å²) in [7, 11) is 0. The number of ether oxygens (including phenoxy) is 1. The molecule has 2 aromatic rings. The van der Waals surface area contributed by atoms with Crippen LogP contribution in [0.15, 0.2) is 41.5 Å². The monoisotopic (exact) mass is 408 g/mol.